The van der Waals surface area contributed by atoms with Gasteiger partial charge in [-0.3, -0.25) is 9.59 Å². The highest BCUT2D eigenvalue weighted by atomic mass is 79.9. The Kier molecular flexibility index (Phi) is 8.31. The smallest absolute Gasteiger partial charge is 0.251 e. The molecule has 7 nitrogen and oxygen atoms in total. The number of hydrogen-bond donors (Lipinski definition) is 2. The third-order valence-corrected chi connectivity index (χ3v) is 6.67. The van der Waals surface area contributed by atoms with Crippen LogP contribution in [0.25, 0.3) is 0 Å². The highest BCUT2D eigenvalue weighted by Crippen LogP contribution is 2.28. The van der Waals surface area contributed by atoms with Crippen molar-refractivity contribution in [3.8, 4) is 0 Å². The Hall–Kier alpha value is -2.65. The van der Waals surface area contributed by atoms with Crippen LogP contribution in [0.3, 0.4) is 0 Å². The van der Waals surface area contributed by atoms with E-state index < -0.39 is 0 Å². The maximum atomic E-state index is 12.6. The molecule has 0 aliphatic heterocycles. The van der Waals surface area contributed by atoms with Crippen molar-refractivity contribution in [3.05, 3.63) is 69.5 Å². The molecule has 0 spiro atoms. The van der Waals surface area contributed by atoms with Gasteiger partial charge in [-0.15, -0.1) is 10.2 Å². The number of nitrogens with zero attached hydrogens (tertiary/aromatic N) is 3. The van der Waals surface area contributed by atoms with Gasteiger partial charge in [-0.2, -0.15) is 0 Å². The fraction of sp³-hybridized carbons (Fsp3) is 0.333. The number of benzene rings is 2. The Morgan fingerprint density at radius 2 is 1.79 bits per heavy atom. The maximum absolute atomic E-state index is 12.6. The quantitative estimate of drug-likeness (QED) is 0.390. The Labute approximate surface area is 206 Å². The van der Waals surface area contributed by atoms with Gasteiger partial charge in [0.15, 0.2) is 11.0 Å². The average molecular weight is 530 g/mol. The van der Waals surface area contributed by atoms with Crippen molar-refractivity contribution < 1.29 is 9.59 Å². The summed E-state index contributed by atoms with van der Waals surface area (Å²) in [5.41, 5.74) is 3.57. The molecule has 0 unspecified atom stereocenters. The first-order valence-electron chi connectivity index (χ1n) is 10.6. The SMILES string of the molecule is Cc1ccc(C(=O)N[C@@H](C)c2nnc(SCC(=O)Nc3ccc(Br)cc3C(C)C)n2C)cc1. The second-order valence-corrected chi connectivity index (χ2v) is 10.0. The molecule has 1 atom stereocenters. The summed E-state index contributed by atoms with van der Waals surface area (Å²) in [5, 5.41) is 15.0. The highest BCUT2D eigenvalue weighted by molar-refractivity contribution is 9.10. The summed E-state index contributed by atoms with van der Waals surface area (Å²) in [6.07, 6.45) is 0. The van der Waals surface area contributed by atoms with E-state index >= 15 is 0 Å². The van der Waals surface area contributed by atoms with Crippen LogP contribution in [0, 0.1) is 6.92 Å². The number of rotatable bonds is 8. The number of amides is 2. The number of carbonyl (C=O) groups excluding carboxylic acids is 2. The number of aromatic nitrogens is 3. The molecule has 0 aliphatic rings. The number of aryl methyl sites for hydroxylation is 1. The van der Waals surface area contributed by atoms with E-state index in [0.29, 0.717) is 16.5 Å². The molecule has 2 N–H and O–H groups in total. The van der Waals surface area contributed by atoms with Crippen molar-refractivity contribution in [1.29, 1.82) is 0 Å². The van der Waals surface area contributed by atoms with E-state index in [-0.39, 0.29) is 29.5 Å². The number of hydrogen-bond acceptors (Lipinski definition) is 5. The molecule has 3 rings (SSSR count). The maximum Gasteiger partial charge on any atom is 0.251 e. The van der Waals surface area contributed by atoms with Gasteiger partial charge < -0.3 is 15.2 Å². The van der Waals surface area contributed by atoms with Crippen LogP contribution in [0.15, 0.2) is 52.1 Å². The summed E-state index contributed by atoms with van der Waals surface area (Å²) in [6, 6.07) is 12.9. The average Bonchev–Trinajstić information content (AvgIpc) is 3.14. The number of anilines is 1. The second-order valence-electron chi connectivity index (χ2n) is 8.18. The minimum atomic E-state index is -0.337. The van der Waals surface area contributed by atoms with Gasteiger partial charge in [0, 0.05) is 22.8 Å². The molecule has 0 saturated heterocycles. The molecule has 0 aliphatic carbocycles. The molecule has 0 bridgehead atoms. The fourth-order valence-corrected chi connectivity index (χ4v) is 4.42. The first-order valence-corrected chi connectivity index (χ1v) is 12.4. The van der Waals surface area contributed by atoms with Crippen molar-refractivity contribution in [1.82, 2.24) is 20.1 Å². The predicted molar refractivity (Wildman–Crippen MR) is 136 cm³/mol. The van der Waals surface area contributed by atoms with E-state index in [2.05, 4.69) is 50.6 Å². The lowest BCUT2D eigenvalue weighted by Gasteiger charge is -2.15. The van der Waals surface area contributed by atoms with E-state index in [9.17, 15) is 9.59 Å². The lowest BCUT2D eigenvalue weighted by Crippen LogP contribution is -2.28. The Morgan fingerprint density at radius 3 is 2.45 bits per heavy atom. The third-order valence-electron chi connectivity index (χ3n) is 5.16. The standard InChI is InChI=1S/C24H28BrN5O2S/c1-14(2)19-12-18(25)10-11-20(19)27-21(31)13-33-24-29-28-22(30(24)5)16(4)26-23(32)17-8-6-15(3)7-9-17/h6-12,14,16H,13H2,1-5H3,(H,26,32)(H,27,31)/t16-/m0/s1. The van der Waals surface area contributed by atoms with Crippen LogP contribution >= 0.6 is 27.7 Å². The van der Waals surface area contributed by atoms with Gasteiger partial charge in [0.05, 0.1) is 11.8 Å². The van der Waals surface area contributed by atoms with Gasteiger partial charge in [0.1, 0.15) is 0 Å². The van der Waals surface area contributed by atoms with Crippen molar-refractivity contribution in [3.63, 3.8) is 0 Å². The van der Waals surface area contributed by atoms with E-state index in [1.807, 2.05) is 51.2 Å². The Morgan fingerprint density at radius 1 is 1.09 bits per heavy atom. The monoisotopic (exact) mass is 529 g/mol. The number of carbonyl (C=O) groups is 2. The second kappa shape index (κ2) is 11.0. The zero-order valence-electron chi connectivity index (χ0n) is 19.3. The van der Waals surface area contributed by atoms with Crippen molar-refractivity contribution in [2.75, 3.05) is 11.1 Å². The Bertz CT molecular complexity index is 1140. The van der Waals surface area contributed by atoms with Gasteiger partial charge in [0.25, 0.3) is 5.91 Å². The van der Waals surface area contributed by atoms with Crippen LogP contribution in [-0.4, -0.2) is 32.3 Å². The predicted octanol–water partition coefficient (Wildman–Crippen LogP) is 5.23. The summed E-state index contributed by atoms with van der Waals surface area (Å²) in [6.45, 7) is 8.02. The lowest BCUT2D eigenvalue weighted by atomic mass is 10.0. The third kappa shape index (κ3) is 6.45. The Balaban J connectivity index is 1.60. The van der Waals surface area contributed by atoms with E-state index in [1.165, 1.54) is 11.8 Å². The van der Waals surface area contributed by atoms with Crippen LogP contribution in [0.5, 0.6) is 0 Å². The number of thioether (sulfide) groups is 1. The minimum Gasteiger partial charge on any atom is -0.342 e. The molecule has 1 heterocycles. The molecule has 2 amide bonds. The molecule has 9 heteroatoms. The topological polar surface area (TPSA) is 88.9 Å². The molecule has 3 aromatic rings. The van der Waals surface area contributed by atoms with Gasteiger partial charge in [-0.1, -0.05) is 59.2 Å². The molecule has 0 fully saturated rings. The lowest BCUT2D eigenvalue weighted by molar-refractivity contribution is -0.113. The molecule has 33 heavy (non-hydrogen) atoms. The van der Waals surface area contributed by atoms with Crippen LogP contribution < -0.4 is 10.6 Å². The fourth-order valence-electron chi connectivity index (χ4n) is 3.32. The van der Waals surface area contributed by atoms with E-state index in [1.54, 1.807) is 16.7 Å². The van der Waals surface area contributed by atoms with Gasteiger partial charge >= 0.3 is 0 Å². The van der Waals surface area contributed by atoms with E-state index in [0.717, 1.165) is 21.3 Å². The largest absolute Gasteiger partial charge is 0.342 e. The summed E-state index contributed by atoms with van der Waals surface area (Å²) in [5.74, 6) is 0.810. The first-order chi connectivity index (χ1) is 15.7. The zero-order valence-corrected chi connectivity index (χ0v) is 21.8. The summed E-state index contributed by atoms with van der Waals surface area (Å²) >= 11 is 4.79. The van der Waals surface area contributed by atoms with Crippen LogP contribution in [0.4, 0.5) is 5.69 Å². The zero-order chi connectivity index (χ0) is 24.1. The van der Waals surface area contributed by atoms with E-state index in [4.69, 9.17) is 0 Å². The van der Waals surface area contributed by atoms with Crippen LogP contribution in [0.2, 0.25) is 0 Å². The molecule has 2 aromatic carbocycles. The van der Waals surface area contributed by atoms with Crippen molar-refractivity contribution in [2.24, 2.45) is 7.05 Å². The molecule has 174 valence electrons. The van der Waals surface area contributed by atoms with Crippen LogP contribution in [-0.2, 0) is 11.8 Å². The number of halogens is 1. The van der Waals surface area contributed by atoms with Gasteiger partial charge in [-0.25, -0.2) is 0 Å². The van der Waals surface area contributed by atoms with Crippen LogP contribution in [0.1, 0.15) is 60.0 Å². The van der Waals surface area contributed by atoms with Gasteiger partial charge in [-0.05, 0) is 55.7 Å². The summed E-state index contributed by atoms with van der Waals surface area (Å²) in [7, 11) is 1.83. The normalized spacial score (nSPS) is 12.0. The molecule has 0 radical (unpaired) electrons. The van der Waals surface area contributed by atoms with Gasteiger partial charge in [0.2, 0.25) is 5.91 Å². The number of nitrogens with one attached hydrogen (secondary N) is 2. The molecule has 0 saturated carbocycles. The summed E-state index contributed by atoms with van der Waals surface area (Å²) < 4.78 is 2.78. The summed E-state index contributed by atoms with van der Waals surface area (Å²) in [4.78, 5) is 25.1. The van der Waals surface area contributed by atoms with Crippen molar-refractivity contribution in [2.45, 2.75) is 44.8 Å². The first kappa shape index (κ1) is 25.0. The molecule has 1 aromatic heterocycles. The molecular weight excluding hydrogens is 502 g/mol. The van der Waals surface area contributed by atoms with Crippen molar-refractivity contribution >= 4 is 45.2 Å². The molecular formula is C24H28BrN5O2S. The minimum absolute atomic E-state index is 0.116. The highest BCUT2D eigenvalue weighted by Gasteiger charge is 2.19.